The molecule has 200 valence electrons. The maximum Gasteiger partial charge on any atom is 0.326 e. The van der Waals surface area contributed by atoms with Crippen LogP contribution in [0.15, 0.2) is 82.6 Å². The second kappa shape index (κ2) is 10.4. The van der Waals surface area contributed by atoms with Gasteiger partial charge in [-0.3, -0.25) is 9.36 Å². The van der Waals surface area contributed by atoms with Crippen LogP contribution >= 0.6 is 0 Å². The minimum Gasteiger partial charge on any atom is -0.324 e. The van der Waals surface area contributed by atoms with Gasteiger partial charge in [-0.25, -0.2) is 9.59 Å². The van der Waals surface area contributed by atoms with Crippen LogP contribution in [0.4, 0.5) is 10.5 Å². The first-order valence-corrected chi connectivity index (χ1v) is 13.7. The van der Waals surface area contributed by atoms with Gasteiger partial charge in [0.1, 0.15) is 5.69 Å². The molecule has 1 aliphatic heterocycles. The van der Waals surface area contributed by atoms with Gasteiger partial charge in [0.05, 0.1) is 5.69 Å². The molecule has 2 aromatic carbocycles. The number of carbonyl (C=O) groups is 1. The van der Waals surface area contributed by atoms with Crippen LogP contribution in [0, 0.1) is 12.8 Å². The monoisotopic (exact) mass is 523 g/mol. The first-order chi connectivity index (χ1) is 19.0. The molecule has 0 unspecified atom stereocenters. The third kappa shape index (κ3) is 5.32. The number of aromatic nitrogens is 3. The number of carbonyl (C=O) groups excluding carboxylic acids is 1. The molecule has 2 aliphatic rings. The fraction of sp³-hybridized carbons (Fsp3) is 0.323. The highest BCUT2D eigenvalue weighted by atomic mass is 16.2. The molecule has 1 aliphatic carbocycles. The zero-order chi connectivity index (χ0) is 26.9. The van der Waals surface area contributed by atoms with Crippen LogP contribution in [0.1, 0.15) is 37.3 Å². The Balaban J connectivity index is 1.17. The zero-order valence-corrected chi connectivity index (χ0v) is 22.1. The number of likely N-dealkylation sites (tertiary alicyclic amines) is 1. The summed E-state index contributed by atoms with van der Waals surface area (Å²) >= 11 is 0. The van der Waals surface area contributed by atoms with E-state index in [2.05, 4.69) is 10.3 Å². The molecule has 2 aromatic heterocycles. The smallest absolute Gasteiger partial charge is 0.324 e. The van der Waals surface area contributed by atoms with Crippen molar-refractivity contribution in [1.82, 2.24) is 19.0 Å². The molecular formula is C31H33N5O3. The van der Waals surface area contributed by atoms with Crippen LogP contribution in [0.25, 0.3) is 22.4 Å². The van der Waals surface area contributed by atoms with E-state index < -0.39 is 0 Å². The van der Waals surface area contributed by atoms with Crippen molar-refractivity contribution < 1.29 is 4.79 Å². The number of nitrogens with zero attached hydrogens (tertiary/aromatic N) is 3. The van der Waals surface area contributed by atoms with Crippen molar-refractivity contribution in [2.45, 2.75) is 45.2 Å². The number of aryl methyl sites for hydroxylation is 1. The SMILES string of the molecule is Cc1ccccc1-c1cc(NC(=O)N2CCC(n3cc(-c4ccccc4)[nH]c3=O)CC2)c(=O)n(CC2CC2)c1. The summed E-state index contributed by atoms with van der Waals surface area (Å²) in [4.78, 5) is 43.9. The predicted octanol–water partition coefficient (Wildman–Crippen LogP) is 5.26. The van der Waals surface area contributed by atoms with Crippen molar-refractivity contribution >= 4 is 11.7 Å². The summed E-state index contributed by atoms with van der Waals surface area (Å²) in [6.45, 7) is 3.72. The van der Waals surface area contributed by atoms with E-state index in [1.165, 1.54) is 0 Å². The van der Waals surface area contributed by atoms with Crippen LogP contribution in [0.5, 0.6) is 0 Å². The first-order valence-electron chi connectivity index (χ1n) is 13.7. The number of hydrogen-bond donors (Lipinski definition) is 2. The van der Waals surface area contributed by atoms with Crippen LogP contribution in [-0.4, -0.2) is 38.1 Å². The van der Waals surface area contributed by atoms with E-state index >= 15 is 0 Å². The van der Waals surface area contributed by atoms with Gasteiger partial charge < -0.3 is 19.8 Å². The lowest BCUT2D eigenvalue weighted by atomic mass is 10.0. The molecule has 6 rings (SSSR count). The van der Waals surface area contributed by atoms with Crippen molar-refractivity contribution in [2.24, 2.45) is 5.92 Å². The number of aromatic amines is 1. The van der Waals surface area contributed by atoms with Gasteiger partial charge in [0.2, 0.25) is 0 Å². The standard InChI is InChI=1S/C31H33N5O3/c1-21-7-5-6-10-26(21)24-17-27(29(37)35(19-24)18-22-11-12-22)32-30(38)34-15-13-25(14-16-34)36-20-28(33-31(36)39)23-8-3-2-4-9-23/h2-10,17,19-20,22,25H,11-16,18H2,1H3,(H,32,38)(H,33,39). The summed E-state index contributed by atoms with van der Waals surface area (Å²) in [5.74, 6) is 0.525. The Labute approximate surface area is 226 Å². The number of imidazole rings is 1. The number of pyridine rings is 1. The highest BCUT2D eigenvalue weighted by Crippen LogP contribution is 2.31. The van der Waals surface area contributed by atoms with Gasteiger partial charge in [0.25, 0.3) is 5.56 Å². The average molecular weight is 524 g/mol. The fourth-order valence-corrected chi connectivity index (χ4v) is 5.47. The third-order valence-corrected chi connectivity index (χ3v) is 7.91. The Morgan fingerprint density at radius 3 is 2.36 bits per heavy atom. The van der Waals surface area contributed by atoms with Crippen LogP contribution < -0.4 is 16.6 Å². The lowest BCUT2D eigenvalue weighted by Gasteiger charge is -2.32. The second-order valence-corrected chi connectivity index (χ2v) is 10.8. The third-order valence-electron chi connectivity index (χ3n) is 7.91. The molecule has 39 heavy (non-hydrogen) atoms. The average Bonchev–Trinajstić information content (AvgIpc) is 3.69. The molecule has 0 bridgehead atoms. The van der Waals surface area contributed by atoms with Crippen molar-refractivity contribution in [3.63, 3.8) is 0 Å². The minimum absolute atomic E-state index is 0.00964. The molecule has 4 aromatic rings. The summed E-state index contributed by atoms with van der Waals surface area (Å²) in [5.41, 5.74) is 4.83. The van der Waals surface area contributed by atoms with Crippen molar-refractivity contribution in [1.29, 1.82) is 0 Å². The van der Waals surface area contributed by atoms with E-state index in [0.29, 0.717) is 44.1 Å². The number of rotatable bonds is 6. The minimum atomic E-state index is -0.281. The number of H-pyrrole nitrogens is 1. The van der Waals surface area contributed by atoms with E-state index in [4.69, 9.17) is 0 Å². The molecule has 2 N–H and O–H groups in total. The van der Waals surface area contributed by atoms with E-state index in [-0.39, 0.29) is 23.3 Å². The maximum atomic E-state index is 13.3. The number of benzene rings is 2. The van der Waals surface area contributed by atoms with Gasteiger partial charge >= 0.3 is 11.7 Å². The van der Waals surface area contributed by atoms with Gasteiger partial charge in [-0.05, 0) is 61.3 Å². The van der Waals surface area contributed by atoms with Gasteiger partial charge in [0, 0.05) is 43.6 Å². The largest absolute Gasteiger partial charge is 0.326 e. The molecule has 1 saturated heterocycles. The van der Waals surface area contributed by atoms with Crippen molar-refractivity contribution in [3.8, 4) is 22.4 Å². The quantitative estimate of drug-likeness (QED) is 0.361. The number of amides is 2. The van der Waals surface area contributed by atoms with Gasteiger partial charge in [0.15, 0.2) is 0 Å². The Morgan fingerprint density at radius 2 is 1.64 bits per heavy atom. The number of urea groups is 1. The normalized spacial score (nSPS) is 15.9. The molecule has 8 nitrogen and oxygen atoms in total. The van der Waals surface area contributed by atoms with Crippen LogP contribution in [-0.2, 0) is 6.54 Å². The lowest BCUT2D eigenvalue weighted by molar-refractivity contribution is 0.183. The summed E-state index contributed by atoms with van der Waals surface area (Å²) in [5, 5.41) is 2.91. The Morgan fingerprint density at radius 1 is 0.923 bits per heavy atom. The summed E-state index contributed by atoms with van der Waals surface area (Å²) < 4.78 is 3.50. The molecule has 2 fully saturated rings. The molecular weight excluding hydrogens is 490 g/mol. The van der Waals surface area contributed by atoms with Gasteiger partial charge in [-0.2, -0.15) is 0 Å². The fourth-order valence-electron chi connectivity index (χ4n) is 5.47. The maximum absolute atomic E-state index is 13.3. The second-order valence-electron chi connectivity index (χ2n) is 10.8. The first kappa shape index (κ1) is 25.0. The molecule has 0 spiro atoms. The van der Waals surface area contributed by atoms with Crippen molar-refractivity contribution in [2.75, 3.05) is 18.4 Å². The number of piperidine rings is 1. The number of nitrogens with one attached hydrogen (secondary N) is 2. The van der Waals surface area contributed by atoms with E-state index in [9.17, 15) is 14.4 Å². The molecule has 8 heteroatoms. The van der Waals surface area contributed by atoms with Gasteiger partial charge in [-0.1, -0.05) is 54.6 Å². The predicted molar refractivity (Wildman–Crippen MR) is 153 cm³/mol. The number of anilines is 1. The van der Waals surface area contributed by atoms with Gasteiger partial charge in [-0.15, -0.1) is 0 Å². The van der Waals surface area contributed by atoms with Crippen molar-refractivity contribution in [3.05, 3.63) is 99.5 Å². The molecule has 0 radical (unpaired) electrons. The number of hydrogen-bond acceptors (Lipinski definition) is 3. The Bertz CT molecular complexity index is 1610. The van der Waals surface area contributed by atoms with E-state index in [1.54, 1.807) is 20.1 Å². The topological polar surface area (TPSA) is 92.1 Å². The summed E-state index contributed by atoms with van der Waals surface area (Å²) in [6, 6.07) is 19.4. The zero-order valence-electron chi connectivity index (χ0n) is 22.1. The van der Waals surface area contributed by atoms with Crippen LogP contribution in [0.2, 0.25) is 0 Å². The molecule has 2 amide bonds. The lowest BCUT2D eigenvalue weighted by Crippen LogP contribution is -2.43. The Kier molecular flexibility index (Phi) is 6.69. The molecule has 1 saturated carbocycles. The summed E-state index contributed by atoms with van der Waals surface area (Å²) in [6.07, 6.45) is 7.38. The highest BCUT2D eigenvalue weighted by molar-refractivity contribution is 5.90. The molecule has 0 atom stereocenters. The molecule has 3 heterocycles. The van der Waals surface area contributed by atoms with E-state index in [0.717, 1.165) is 40.8 Å². The van der Waals surface area contributed by atoms with Crippen LogP contribution in [0.3, 0.4) is 0 Å². The highest BCUT2D eigenvalue weighted by Gasteiger charge is 2.27. The van der Waals surface area contributed by atoms with E-state index in [1.807, 2.05) is 73.9 Å². The Hall–Kier alpha value is -4.33. The summed E-state index contributed by atoms with van der Waals surface area (Å²) in [7, 11) is 0.